The molecule has 1 aromatic carbocycles. The van der Waals surface area contributed by atoms with Gasteiger partial charge in [0.05, 0.1) is 0 Å². The number of rotatable bonds is 6. The zero-order valence-electron chi connectivity index (χ0n) is 17.5. The summed E-state index contributed by atoms with van der Waals surface area (Å²) in [6.07, 6.45) is 3.54. The molecular formula is C22H32N4OS. The van der Waals surface area contributed by atoms with Gasteiger partial charge < -0.3 is 10.2 Å². The number of benzene rings is 1. The topological polar surface area (TPSA) is 58.1 Å². The van der Waals surface area contributed by atoms with Crippen LogP contribution in [-0.4, -0.2) is 34.9 Å². The van der Waals surface area contributed by atoms with Crippen LogP contribution in [0.5, 0.6) is 0 Å². The second-order valence-corrected chi connectivity index (χ2v) is 9.86. The molecule has 1 aliphatic rings. The van der Waals surface area contributed by atoms with Gasteiger partial charge in [0.1, 0.15) is 5.82 Å². The summed E-state index contributed by atoms with van der Waals surface area (Å²) in [5.74, 6) is 1.63. The maximum atomic E-state index is 12.0. The molecule has 0 atom stereocenters. The molecule has 3 rings (SSSR count). The van der Waals surface area contributed by atoms with Crippen molar-refractivity contribution in [2.24, 2.45) is 11.3 Å². The van der Waals surface area contributed by atoms with E-state index in [9.17, 15) is 4.79 Å². The molecule has 0 aliphatic carbocycles. The van der Waals surface area contributed by atoms with Gasteiger partial charge in [-0.05, 0) is 36.7 Å². The molecule has 1 N–H and O–H groups in total. The van der Waals surface area contributed by atoms with Crippen LogP contribution in [0.1, 0.15) is 57.0 Å². The smallest absolute Gasteiger partial charge is 0.220 e. The summed E-state index contributed by atoms with van der Waals surface area (Å²) in [6, 6.07) is 8.56. The van der Waals surface area contributed by atoms with Crippen LogP contribution in [0.25, 0.3) is 0 Å². The fourth-order valence-corrected chi connectivity index (χ4v) is 4.20. The number of amides is 1. The van der Waals surface area contributed by atoms with Gasteiger partial charge in [0.15, 0.2) is 0 Å². The second kappa shape index (κ2) is 9.03. The Morgan fingerprint density at radius 2 is 1.89 bits per heavy atom. The molecule has 0 spiro atoms. The van der Waals surface area contributed by atoms with Gasteiger partial charge in [0.25, 0.3) is 0 Å². The predicted octanol–water partition coefficient (Wildman–Crippen LogP) is 4.21. The van der Waals surface area contributed by atoms with Gasteiger partial charge in [-0.15, -0.1) is 0 Å². The van der Waals surface area contributed by atoms with Crippen molar-refractivity contribution in [1.29, 1.82) is 0 Å². The van der Waals surface area contributed by atoms with Crippen molar-refractivity contribution in [3.8, 4) is 0 Å². The van der Waals surface area contributed by atoms with Gasteiger partial charge in [-0.3, -0.25) is 4.79 Å². The fraction of sp³-hybridized carbons (Fsp3) is 0.591. The minimum atomic E-state index is 0.0432. The molecule has 1 aromatic heterocycles. The molecule has 152 valence electrons. The van der Waals surface area contributed by atoms with Crippen molar-refractivity contribution >= 4 is 22.6 Å². The zero-order chi connectivity index (χ0) is 20.1. The Hall–Kier alpha value is -1.95. The van der Waals surface area contributed by atoms with Crippen LogP contribution < -0.4 is 10.2 Å². The molecule has 28 heavy (non-hydrogen) atoms. The monoisotopic (exact) mass is 400 g/mol. The molecule has 1 saturated heterocycles. The van der Waals surface area contributed by atoms with E-state index in [-0.39, 0.29) is 11.3 Å². The first-order valence-electron chi connectivity index (χ1n) is 10.2. The minimum Gasteiger partial charge on any atom is -0.356 e. The van der Waals surface area contributed by atoms with Gasteiger partial charge in [-0.1, -0.05) is 50.6 Å². The lowest BCUT2D eigenvalue weighted by atomic mass is 9.91. The summed E-state index contributed by atoms with van der Waals surface area (Å²) in [7, 11) is 0. The SMILES string of the molecule is Cc1ccc(Cc2nsc(N3CCC(CNC(=O)CC(C)(C)C)CC3)n2)cc1. The number of nitrogens with one attached hydrogen (secondary N) is 1. The molecular weight excluding hydrogens is 368 g/mol. The highest BCUT2D eigenvalue weighted by atomic mass is 32.1. The first kappa shape index (κ1) is 20.8. The molecule has 0 radical (unpaired) electrons. The van der Waals surface area contributed by atoms with Crippen molar-refractivity contribution in [1.82, 2.24) is 14.7 Å². The maximum Gasteiger partial charge on any atom is 0.220 e. The highest BCUT2D eigenvalue weighted by molar-refractivity contribution is 7.09. The van der Waals surface area contributed by atoms with E-state index in [0.29, 0.717) is 12.3 Å². The number of hydrogen-bond donors (Lipinski definition) is 1. The van der Waals surface area contributed by atoms with E-state index in [1.54, 1.807) is 0 Å². The lowest BCUT2D eigenvalue weighted by Gasteiger charge is -2.31. The number of aryl methyl sites for hydroxylation is 1. The van der Waals surface area contributed by atoms with Crippen LogP contribution in [0.2, 0.25) is 0 Å². The average Bonchev–Trinajstić information content (AvgIpc) is 3.09. The molecule has 1 fully saturated rings. The Morgan fingerprint density at radius 3 is 2.54 bits per heavy atom. The van der Waals surface area contributed by atoms with E-state index in [1.807, 2.05) is 0 Å². The number of piperidine rings is 1. The second-order valence-electron chi connectivity index (χ2n) is 9.13. The van der Waals surface area contributed by atoms with E-state index >= 15 is 0 Å². The molecule has 2 heterocycles. The molecule has 0 bridgehead atoms. The van der Waals surface area contributed by atoms with Crippen molar-refractivity contribution < 1.29 is 4.79 Å². The Labute approximate surface area is 172 Å². The Kier molecular flexibility index (Phi) is 6.70. The number of hydrogen-bond acceptors (Lipinski definition) is 5. The largest absolute Gasteiger partial charge is 0.356 e. The molecule has 0 unspecified atom stereocenters. The number of carbonyl (C=O) groups excluding carboxylic acids is 1. The summed E-state index contributed by atoms with van der Waals surface area (Å²) >= 11 is 1.50. The van der Waals surface area contributed by atoms with Crippen LogP contribution in [0.15, 0.2) is 24.3 Å². The molecule has 2 aromatic rings. The summed E-state index contributed by atoms with van der Waals surface area (Å²) in [5, 5.41) is 4.14. The van der Waals surface area contributed by atoms with Gasteiger partial charge in [0.2, 0.25) is 11.0 Å². The lowest BCUT2D eigenvalue weighted by Crippen LogP contribution is -2.39. The molecule has 6 heteroatoms. The van der Waals surface area contributed by atoms with E-state index in [2.05, 4.69) is 66.6 Å². The first-order valence-corrected chi connectivity index (χ1v) is 11.0. The van der Waals surface area contributed by atoms with Crippen molar-refractivity contribution in [2.45, 2.75) is 53.4 Å². The van der Waals surface area contributed by atoms with E-state index in [1.165, 1.54) is 22.7 Å². The number of aromatic nitrogens is 2. The van der Waals surface area contributed by atoms with Gasteiger partial charge in [0, 0.05) is 44.0 Å². The molecule has 0 saturated carbocycles. The third-order valence-electron chi connectivity index (χ3n) is 5.10. The lowest BCUT2D eigenvalue weighted by molar-refractivity contribution is -0.123. The molecule has 1 aliphatic heterocycles. The van der Waals surface area contributed by atoms with Crippen LogP contribution in [0, 0.1) is 18.3 Å². The third kappa shape index (κ3) is 6.30. The van der Waals surface area contributed by atoms with Crippen molar-refractivity contribution in [3.63, 3.8) is 0 Å². The van der Waals surface area contributed by atoms with Crippen molar-refractivity contribution in [3.05, 3.63) is 41.2 Å². The van der Waals surface area contributed by atoms with Gasteiger partial charge >= 0.3 is 0 Å². The maximum absolute atomic E-state index is 12.0. The molecule has 5 nitrogen and oxygen atoms in total. The Morgan fingerprint density at radius 1 is 1.21 bits per heavy atom. The van der Waals surface area contributed by atoms with Gasteiger partial charge in [-0.25, -0.2) is 4.98 Å². The fourth-order valence-electron chi connectivity index (χ4n) is 3.46. The standard InChI is InChI=1S/C22H32N4OS/c1-16-5-7-17(8-6-16)13-19-24-21(28-25-19)26-11-9-18(10-12-26)15-23-20(27)14-22(2,3)4/h5-8,18H,9-15H2,1-4H3,(H,23,27). The summed E-state index contributed by atoms with van der Waals surface area (Å²) < 4.78 is 4.55. The summed E-state index contributed by atoms with van der Waals surface area (Å²) in [4.78, 5) is 19.1. The van der Waals surface area contributed by atoms with E-state index in [0.717, 1.165) is 49.9 Å². The normalized spacial score (nSPS) is 15.6. The van der Waals surface area contributed by atoms with Crippen LogP contribution in [0.4, 0.5) is 5.13 Å². The highest BCUT2D eigenvalue weighted by Crippen LogP contribution is 2.25. The highest BCUT2D eigenvalue weighted by Gasteiger charge is 2.23. The van der Waals surface area contributed by atoms with Crippen molar-refractivity contribution in [2.75, 3.05) is 24.5 Å². The van der Waals surface area contributed by atoms with E-state index in [4.69, 9.17) is 4.98 Å². The van der Waals surface area contributed by atoms with Gasteiger partial charge in [-0.2, -0.15) is 4.37 Å². The van der Waals surface area contributed by atoms with Crippen LogP contribution >= 0.6 is 11.5 Å². The first-order chi connectivity index (χ1) is 13.3. The number of carbonyl (C=O) groups is 1. The predicted molar refractivity (Wildman–Crippen MR) is 116 cm³/mol. The minimum absolute atomic E-state index is 0.0432. The number of nitrogens with zero attached hydrogens (tertiary/aromatic N) is 3. The summed E-state index contributed by atoms with van der Waals surface area (Å²) in [6.45, 7) is 11.2. The average molecular weight is 401 g/mol. The Balaban J connectivity index is 1.44. The quantitative estimate of drug-likeness (QED) is 0.789. The number of anilines is 1. The Bertz CT molecular complexity index is 771. The summed E-state index contributed by atoms with van der Waals surface area (Å²) in [5.41, 5.74) is 2.56. The molecule has 1 amide bonds. The van der Waals surface area contributed by atoms with E-state index < -0.39 is 0 Å². The zero-order valence-corrected chi connectivity index (χ0v) is 18.3. The van der Waals surface area contributed by atoms with Crippen LogP contribution in [-0.2, 0) is 11.2 Å². The third-order valence-corrected chi connectivity index (χ3v) is 5.92. The van der Waals surface area contributed by atoms with Crippen LogP contribution in [0.3, 0.4) is 0 Å².